The van der Waals surface area contributed by atoms with Crippen molar-refractivity contribution in [3.05, 3.63) is 53.7 Å². The minimum Gasteiger partial charge on any atom is -0.330 e. The third kappa shape index (κ3) is 1.57. The number of nitrogens with zero attached hydrogens (tertiary/aromatic N) is 1. The first kappa shape index (κ1) is 9.43. The van der Waals surface area contributed by atoms with Crippen LogP contribution < -0.4 is 0 Å². The van der Waals surface area contributed by atoms with Gasteiger partial charge in [0.1, 0.15) is 10.8 Å². The average molecular weight is 229 g/mol. The summed E-state index contributed by atoms with van der Waals surface area (Å²) in [6.45, 7) is 0. The van der Waals surface area contributed by atoms with Crippen molar-refractivity contribution in [2.75, 3.05) is 0 Å². The van der Waals surface area contributed by atoms with Gasteiger partial charge >= 0.3 is 0 Å². The molecule has 1 N–H and O–H groups in total. The van der Waals surface area contributed by atoms with Crippen molar-refractivity contribution >= 4 is 22.6 Å². The summed E-state index contributed by atoms with van der Waals surface area (Å²) in [4.78, 5) is 7.55. The maximum atomic E-state index is 5.89. The van der Waals surface area contributed by atoms with Crippen molar-refractivity contribution in [1.82, 2.24) is 9.97 Å². The zero-order valence-corrected chi connectivity index (χ0v) is 9.20. The lowest BCUT2D eigenvalue weighted by atomic mass is 10.1. The van der Waals surface area contributed by atoms with Crippen molar-refractivity contribution in [3.63, 3.8) is 0 Å². The standard InChI is InChI=1S/C13H9ClN2/c14-12-8-10-6-7-11(15-13(10)16-12)9-4-2-1-3-5-9/h1-8H,(H,15,16). The first-order valence-electron chi connectivity index (χ1n) is 5.03. The van der Waals surface area contributed by atoms with Crippen LogP contribution >= 0.6 is 11.6 Å². The number of fused-ring (bicyclic) bond motifs is 1. The van der Waals surface area contributed by atoms with E-state index in [4.69, 9.17) is 11.6 Å². The molecule has 0 unspecified atom stereocenters. The summed E-state index contributed by atoms with van der Waals surface area (Å²) in [5.41, 5.74) is 2.88. The Morgan fingerprint density at radius 1 is 1.00 bits per heavy atom. The highest BCUT2D eigenvalue weighted by molar-refractivity contribution is 6.30. The number of pyridine rings is 1. The number of hydrogen-bond donors (Lipinski definition) is 1. The Morgan fingerprint density at radius 3 is 2.62 bits per heavy atom. The van der Waals surface area contributed by atoms with Gasteiger partial charge in [0.05, 0.1) is 5.69 Å². The van der Waals surface area contributed by atoms with Gasteiger partial charge in [-0.1, -0.05) is 41.9 Å². The van der Waals surface area contributed by atoms with Crippen LogP contribution in [-0.2, 0) is 0 Å². The van der Waals surface area contributed by atoms with Gasteiger partial charge in [-0.15, -0.1) is 0 Å². The smallest absolute Gasteiger partial charge is 0.139 e. The molecule has 0 bridgehead atoms. The normalized spacial score (nSPS) is 10.8. The topological polar surface area (TPSA) is 28.7 Å². The van der Waals surface area contributed by atoms with Crippen LogP contribution in [0.2, 0.25) is 5.15 Å². The van der Waals surface area contributed by atoms with Crippen molar-refractivity contribution < 1.29 is 0 Å². The molecule has 2 heterocycles. The monoisotopic (exact) mass is 228 g/mol. The van der Waals surface area contributed by atoms with Crippen LogP contribution in [0.3, 0.4) is 0 Å². The number of nitrogens with one attached hydrogen (secondary N) is 1. The third-order valence-corrected chi connectivity index (χ3v) is 2.72. The van der Waals surface area contributed by atoms with Gasteiger partial charge in [0.25, 0.3) is 0 Å². The van der Waals surface area contributed by atoms with Crippen molar-refractivity contribution in [2.24, 2.45) is 0 Å². The van der Waals surface area contributed by atoms with Crippen LogP contribution in [0.25, 0.3) is 22.3 Å². The Labute approximate surface area is 97.9 Å². The molecule has 0 aliphatic rings. The molecule has 3 rings (SSSR count). The molecule has 0 spiro atoms. The highest BCUT2D eigenvalue weighted by Gasteiger charge is 2.03. The molecule has 0 atom stereocenters. The lowest BCUT2D eigenvalue weighted by Crippen LogP contribution is -1.83. The van der Waals surface area contributed by atoms with Gasteiger partial charge in [-0.3, -0.25) is 0 Å². The first-order chi connectivity index (χ1) is 7.83. The van der Waals surface area contributed by atoms with Gasteiger partial charge in [0.15, 0.2) is 0 Å². The van der Waals surface area contributed by atoms with E-state index >= 15 is 0 Å². The summed E-state index contributed by atoms with van der Waals surface area (Å²) in [7, 11) is 0. The number of aromatic nitrogens is 2. The molecule has 0 amide bonds. The first-order valence-corrected chi connectivity index (χ1v) is 5.41. The van der Waals surface area contributed by atoms with E-state index in [0.717, 1.165) is 22.3 Å². The Kier molecular flexibility index (Phi) is 2.15. The van der Waals surface area contributed by atoms with Gasteiger partial charge in [-0.05, 0) is 18.2 Å². The molecular formula is C13H9ClN2. The van der Waals surface area contributed by atoms with E-state index in [1.165, 1.54) is 0 Å². The van der Waals surface area contributed by atoms with Crippen LogP contribution in [0.5, 0.6) is 0 Å². The molecule has 0 saturated heterocycles. The molecule has 3 aromatic rings. The fraction of sp³-hybridized carbons (Fsp3) is 0. The number of halogens is 1. The largest absolute Gasteiger partial charge is 0.330 e. The molecule has 2 nitrogen and oxygen atoms in total. The van der Waals surface area contributed by atoms with Crippen LogP contribution in [0.4, 0.5) is 0 Å². The van der Waals surface area contributed by atoms with E-state index in [2.05, 4.69) is 9.97 Å². The predicted octanol–water partition coefficient (Wildman–Crippen LogP) is 3.88. The molecule has 16 heavy (non-hydrogen) atoms. The van der Waals surface area contributed by atoms with Gasteiger partial charge in [-0.2, -0.15) is 0 Å². The molecule has 0 fully saturated rings. The SMILES string of the molecule is Clc1cc2ccc(-c3ccccc3)nc2[nH]1. The van der Waals surface area contributed by atoms with E-state index in [1.54, 1.807) is 0 Å². The fourth-order valence-corrected chi connectivity index (χ4v) is 1.95. The highest BCUT2D eigenvalue weighted by Crippen LogP contribution is 2.22. The van der Waals surface area contributed by atoms with Gasteiger partial charge in [0, 0.05) is 10.9 Å². The number of benzene rings is 1. The number of rotatable bonds is 1. The highest BCUT2D eigenvalue weighted by atomic mass is 35.5. The summed E-state index contributed by atoms with van der Waals surface area (Å²) in [5.74, 6) is 0. The summed E-state index contributed by atoms with van der Waals surface area (Å²) in [5, 5.41) is 1.65. The minimum absolute atomic E-state index is 0.618. The molecule has 2 aromatic heterocycles. The summed E-state index contributed by atoms with van der Waals surface area (Å²) in [6, 6.07) is 16.0. The fourth-order valence-electron chi connectivity index (χ4n) is 1.74. The molecule has 0 saturated carbocycles. The van der Waals surface area contributed by atoms with Crippen molar-refractivity contribution in [3.8, 4) is 11.3 Å². The zero-order valence-electron chi connectivity index (χ0n) is 8.44. The molecule has 1 aromatic carbocycles. The minimum atomic E-state index is 0.618. The number of aromatic amines is 1. The maximum absolute atomic E-state index is 5.89. The maximum Gasteiger partial charge on any atom is 0.139 e. The van der Waals surface area contributed by atoms with E-state index in [-0.39, 0.29) is 0 Å². The third-order valence-electron chi connectivity index (χ3n) is 2.52. The quantitative estimate of drug-likeness (QED) is 0.673. The predicted molar refractivity (Wildman–Crippen MR) is 66.5 cm³/mol. The molecular weight excluding hydrogens is 220 g/mol. The van der Waals surface area contributed by atoms with E-state index < -0.39 is 0 Å². The second kappa shape index (κ2) is 3.65. The van der Waals surface area contributed by atoms with E-state index in [0.29, 0.717) is 5.15 Å². The number of H-pyrrole nitrogens is 1. The summed E-state index contributed by atoms with van der Waals surface area (Å²) < 4.78 is 0. The Bertz CT molecular complexity index is 629. The lowest BCUT2D eigenvalue weighted by molar-refractivity contribution is 1.32. The molecule has 0 aliphatic heterocycles. The van der Waals surface area contributed by atoms with Crippen LogP contribution in [0.15, 0.2) is 48.5 Å². The summed E-state index contributed by atoms with van der Waals surface area (Å²) >= 11 is 5.89. The molecule has 3 heteroatoms. The van der Waals surface area contributed by atoms with Crippen molar-refractivity contribution in [1.29, 1.82) is 0 Å². The van der Waals surface area contributed by atoms with E-state index in [9.17, 15) is 0 Å². The zero-order chi connectivity index (χ0) is 11.0. The Balaban J connectivity index is 2.18. The molecule has 78 valence electrons. The van der Waals surface area contributed by atoms with Gasteiger partial charge < -0.3 is 4.98 Å². The van der Waals surface area contributed by atoms with Crippen molar-refractivity contribution in [2.45, 2.75) is 0 Å². The lowest BCUT2D eigenvalue weighted by Gasteiger charge is -1.99. The van der Waals surface area contributed by atoms with Gasteiger partial charge in [-0.25, -0.2) is 4.98 Å². The number of hydrogen-bond acceptors (Lipinski definition) is 1. The Hall–Kier alpha value is -1.80. The van der Waals surface area contributed by atoms with Crippen LogP contribution in [0.1, 0.15) is 0 Å². The van der Waals surface area contributed by atoms with Gasteiger partial charge in [0.2, 0.25) is 0 Å². The summed E-state index contributed by atoms with van der Waals surface area (Å²) in [6.07, 6.45) is 0. The molecule has 0 radical (unpaired) electrons. The molecule has 0 aliphatic carbocycles. The Morgan fingerprint density at radius 2 is 1.81 bits per heavy atom. The average Bonchev–Trinajstić information content (AvgIpc) is 2.69. The van der Waals surface area contributed by atoms with E-state index in [1.807, 2.05) is 48.5 Å². The van der Waals surface area contributed by atoms with Crippen LogP contribution in [0, 0.1) is 0 Å². The second-order valence-electron chi connectivity index (χ2n) is 3.62. The second-order valence-corrected chi connectivity index (χ2v) is 4.02. The van der Waals surface area contributed by atoms with Crippen LogP contribution in [-0.4, -0.2) is 9.97 Å².